The van der Waals surface area contributed by atoms with E-state index in [1.165, 1.54) is 11.6 Å². The van der Waals surface area contributed by atoms with Crippen LogP contribution in [0.1, 0.15) is 24.8 Å². The molecule has 2 heterocycles. The Morgan fingerprint density at radius 3 is 2.92 bits per heavy atom. The number of hydrogen-bond donors (Lipinski definition) is 0. The van der Waals surface area contributed by atoms with Gasteiger partial charge in [-0.3, -0.25) is 9.59 Å². The van der Waals surface area contributed by atoms with Gasteiger partial charge in [-0.2, -0.15) is 0 Å². The standard InChI is InChI=1S/C21H26N2O3/c1-17-6-4-8-19(14-17)26-16-18-7-5-12-23(15-18)21(25)10-13-22-11-3-2-9-20(22)24/h2-4,6,8-9,11,14,18H,5,7,10,12-13,15-16H2,1H3/t18-/m1/s1. The van der Waals surface area contributed by atoms with E-state index in [-0.39, 0.29) is 11.5 Å². The molecule has 1 fully saturated rings. The molecule has 1 aromatic heterocycles. The third-order valence-electron chi connectivity index (χ3n) is 4.81. The lowest BCUT2D eigenvalue weighted by Gasteiger charge is -2.32. The van der Waals surface area contributed by atoms with Crippen molar-refractivity contribution in [2.24, 2.45) is 5.92 Å². The molecule has 0 saturated carbocycles. The molecule has 138 valence electrons. The van der Waals surface area contributed by atoms with Crippen LogP contribution in [0.2, 0.25) is 0 Å². The zero-order valence-electron chi connectivity index (χ0n) is 15.3. The van der Waals surface area contributed by atoms with Gasteiger partial charge < -0.3 is 14.2 Å². The van der Waals surface area contributed by atoms with Crippen molar-refractivity contribution in [3.05, 3.63) is 64.6 Å². The summed E-state index contributed by atoms with van der Waals surface area (Å²) in [4.78, 5) is 26.2. The van der Waals surface area contributed by atoms with Gasteiger partial charge in [-0.25, -0.2) is 0 Å². The number of aryl methyl sites for hydroxylation is 2. The second-order valence-corrected chi connectivity index (χ2v) is 6.96. The van der Waals surface area contributed by atoms with E-state index in [0.29, 0.717) is 25.5 Å². The summed E-state index contributed by atoms with van der Waals surface area (Å²) < 4.78 is 7.50. The minimum atomic E-state index is -0.0663. The molecule has 26 heavy (non-hydrogen) atoms. The van der Waals surface area contributed by atoms with Gasteiger partial charge in [0.05, 0.1) is 6.61 Å². The van der Waals surface area contributed by atoms with E-state index in [2.05, 4.69) is 0 Å². The number of amides is 1. The minimum absolute atomic E-state index is 0.0663. The van der Waals surface area contributed by atoms with Gasteiger partial charge in [0.2, 0.25) is 5.91 Å². The van der Waals surface area contributed by atoms with Crippen molar-refractivity contribution in [3.63, 3.8) is 0 Å². The summed E-state index contributed by atoms with van der Waals surface area (Å²) in [5.41, 5.74) is 1.11. The molecule has 0 N–H and O–H groups in total. The second kappa shape index (κ2) is 8.70. The van der Waals surface area contributed by atoms with Crippen LogP contribution in [0, 0.1) is 12.8 Å². The highest BCUT2D eigenvalue weighted by Crippen LogP contribution is 2.20. The fourth-order valence-electron chi connectivity index (χ4n) is 3.37. The lowest BCUT2D eigenvalue weighted by atomic mass is 9.98. The van der Waals surface area contributed by atoms with E-state index in [0.717, 1.165) is 31.7 Å². The van der Waals surface area contributed by atoms with Crippen LogP contribution in [0.3, 0.4) is 0 Å². The smallest absolute Gasteiger partial charge is 0.250 e. The van der Waals surface area contributed by atoms with Crippen molar-refractivity contribution in [1.29, 1.82) is 0 Å². The summed E-state index contributed by atoms with van der Waals surface area (Å²) in [5.74, 6) is 1.35. The lowest BCUT2D eigenvalue weighted by Crippen LogP contribution is -2.42. The summed E-state index contributed by atoms with van der Waals surface area (Å²) in [5, 5.41) is 0. The van der Waals surface area contributed by atoms with Crippen molar-refractivity contribution in [1.82, 2.24) is 9.47 Å². The van der Waals surface area contributed by atoms with E-state index >= 15 is 0 Å². The van der Waals surface area contributed by atoms with E-state index in [1.807, 2.05) is 42.2 Å². The van der Waals surface area contributed by atoms with Crippen molar-refractivity contribution >= 4 is 5.91 Å². The molecule has 0 radical (unpaired) electrons. The molecule has 1 atom stereocenters. The fraction of sp³-hybridized carbons (Fsp3) is 0.429. The number of benzene rings is 1. The number of pyridine rings is 1. The predicted molar refractivity (Wildman–Crippen MR) is 101 cm³/mol. The van der Waals surface area contributed by atoms with Crippen LogP contribution in [0.4, 0.5) is 0 Å². The molecule has 3 rings (SSSR count). The normalized spacial score (nSPS) is 17.1. The monoisotopic (exact) mass is 354 g/mol. The van der Waals surface area contributed by atoms with Gasteiger partial charge in [0, 0.05) is 44.2 Å². The molecule has 1 aromatic carbocycles. The zero-order chi connectivity index (χ0) is 18.4. The van der Waals surface area contributed by atoms with Gasteiger partial charge in [-0.15, -0.1) is 0 Å². The van der Waals surface area contributed by atoms with E-state index in [9.17, 15) is 9.59 Å². The quantitative estimate of drug-likeness (QED) is 0.801. The highest BCUT2D eigenvalue weighted by atomic mass is 16.5. The number of carbonyl (C=O) groups is 1. The molecule has 2 aromatic rings. The Hall–Kier alpha value is -2.56. The van der Waals surface area contributed by atoms with Crippen molar-refractivity contribution in [2.45, 2.75) is 32.7 Å². The molecule has 1 saturated heterocycles. The van der Waals surface area contributed by atoms with Crippen LogP contribution in [0.25, 0.3) is 0 Å². The number of hydrogen-bond acceptors (Lipinski definition) is 3. The Labute approximate surface area is 154 Å². The molecular formula is C21H26N2O3. The maximum absolute atomic E-state index is 12.5. The number of nitrogens with zero attached hydrogens (tertiary/aromatic N) is 2. The topological polar surface area (TPSA) is 51.5 Å². The highest BCUT2D eigenvalue weighted by molar-refractivity contribution is 5.76. The summed E-state index contributed by atoms with van der Waals surface area (Å²) in [6.07, 6.45) is 4.16. The van der Waals surface area contributed by atoms with Gasteiger partial charge in [-0.1, -0.05) is 18.2 Å². The number of piperidine rings is 1. The first-order valence-electron chi connectivity index (χ1n) is 9.24. The van der Waals surface area contributed by atoms with Crippen LogP contribution in [0.15, 0.2) is 53.5 Å². The predicted octanol–water partition coefficient (Wildman–Crippen LogP) is 2.86. The third kappa shape index (κ3) is 4.97. The Balaban J connectivity index is 1.48. The molecule has 5 heteroatoms. The first-order valence-corrected chi connectivity index (χ1v) is 9.24. The average molecular weight is 354 g/mol. The molecule has 1 amide bonds. The Bertz CT molecular complexity index is 800. The first-order chi connectivity index (χ1) is 12.6. The summed E-state index contributed by atoms with van der Waals surface area (Å²) in [6, 6.07) is 13.1. The molecule has 5 nitrogen and oxygen atoms in total. The fourth-order valence-corrected chi connectivity index (χ4v) is 3.37. The van der Waals surface area contributed by atoms with Gasteiger partial charge in [0.15, 0.2) is 0 Å². The molecular weight excluding hydrogens is 328 g/mol. The van der Waals surface area contributed by atoms with Crippen molar-refractivity contribution in [3.8, 4) is 5.75 Å². The molecule has 0 spiro atoms. The van der Waals surface area contributed by atoms with Crippen LogP contribution in [0.5, 0.6) is 5.75 Å². The number of aromatic nitrogens is 1. The Morgan fingerprint density at radius 2 is 2.12 bits per heavy atom. The van der Waals surface area contributed by atoms with Crippen LogP contribution < -0.4 is 10.3 Å². The van der Waals surface area contributed by atoms with Gasteiger partial charge in [0.25, 0.3) is 5.56 Å². The molecule has 0 bridgehead atoms. The number of likely N-dealkylation sites (tertiary alicyclic amines) is 1. The zero-order valence-corrected chi connectivity index (χ0v) is 15.3. The Morgan fingerprint density at radius 1 is 1.23 bits per heavy atom. The summed E-state index contributed by atoms with van der Waals surface area (Å²) in [7, 11) is 0. The van der Waals surface area contributed by atoms with Gasteiger partial charge in [0.1, 0.15) is 5.75 Å². The summed E-state index contributed by atoms with van der Waals surface area (Å²) >= 11 is 0. The molecule has 1 aliphatic heterocycles. The van der Waals surface area contributed by atoms with Crippen LogP contribution in [-0.4, -0.2) is 35.1 Å². The van der Waals surface area contributed by atoms with E-state index in [4.69, 9.17) is 4.74 Å². The molecule has 0 unspecified atom stereocenters. The maximum Gasteiger partial charge on any atom is 0.250 e. The van der Waals surface area contributed by atoms with Crippen LogP contribution in [-0.2, 0) is 11.3 Å². The molecule has 1 aliphatic rings. The highest BCUT2D eigenvalue weighted by Gasteiger charge is 2.24. The number of ether oxygens (including phenoxy) is 1. The first kappa shape index (κ1) is 18.2. The Kier molecular flexibility index (Phi) is 6.10. The third-order valence-corrected chi connectivity index (χ3v) is 4.81. The van der Waals surface area contributed by atoms with Crippen molar-refractivity contribution < 1.29 is 9.53 Å². The summed E-state index contributed by atoms with van der Waals surface area (Å²) in [6.45, 7) is 4.63. The maximum atomic E-state index is 12.5. The van der Waals surface area contributed by atoms with Crippen LogP contribution >= 0.6 is 0 Å². The second-order valence-electron chi connectivity index (χ2n) is 6.96. The lowest BCUT2D eigenvalue weighted by molar-refractivity contribution is -0.133. The number of rotatable bonds is 6. The molecule has 0 aliphatic carbocycles. The van der Waals surface area contributed by atoms with Crippen molar-refractivity contribution in [2.75, 3.05) is 19.7 Å². The number of carbonyl (C=O) groups excluding carboxylic acids is 1. The minimum Gasteiger partial charge on any atom is -0.493 e. The van der Waals surface area contributed by atoms with Gasteiger partial charge in [-0.05, 0) is 43.5 Å². The SMILES string of the molecule is Cc1cccc(OC[C@@H]2CCCN(C(=O)CCn3ccccc3=O)C2)c1. The van der Waals surface area contributed by atoms with Gasteiger partial charge >= 0.3 is 0 Å². The largest absolute Gasteiger partial charge is 0.493 e. The van der Waals surface area contributed by atoms with E-state index in [1.54, 1.807) is 16.8 Å². The average Bonchev–Trinajstić information content (AvgIpc) is 2.66. The van der Waals surface area contributed by atoms with E-state index < -0.39 is 0 Å².